The van der Waals surface area contributed by atoms with Crippen LogP contribution in [0.15, 0.2) is 57.2 Å². The van der Waals surface area contributed by atoms with Gasteiger partial charge in [-0.25, -0.2) is 4.98 Å². The highest BCUT2D eigenvalue weighted by atomic mass is 32.1. The van der Waals surface area contributed by atoms with Crippen molar-refractivity contribution in [1.29, 1.82) is 0 Å². The number of allylic oxidation sites excluding steroid dienone is 3. The number of ether oxygens (including phenoxy) is 2. The molecule has 8 heteroatoms. The van der Waals surface area contributed by atoms with Crippen molar-refractivity contribution in [3.8, 4) is 5.19 Å². The van der Waals surface area contributed by atoms with Crippen LogP contribution in [0.3, 0.4) is 0 Å². The average Bonchev–Trinajstić information content (AvgIpc) is 3.17. The molecule has 0 bridgehead atoms. The molecule has 0 fully saturated rings. The molecule has 0 saturated carbocycles. The minimum Gasteiger partial charge on any atom is -0.493 e. The fourth-order valence-corrected chi connectivity index (χ4v) is 2.78. The Labute approximate surface area is 165 Å². The Morgan fingerprint density at radius 3 is 2.67 bits per heavy atom. The number of aromatic nitrogens is 1. The smallest absolute Gasteiger partial charge is 0.273 e. The zero-order valence-corrected chi connectivity index (χ0v) is 17.5. The maximum Gasteiger partial charge on any atom is 0.273 e. The van der Waals surface area contributed by atoms with Crippen LogP contribution in [0.25, 0.3) is 0 Å². The molecule has 7 nitrogen and oxygen atoms in total. The van der Waals surface area contributed by atoms with E-state index < -0.39 is 0 Å². The highest BCUT2D eigenvalue weighted by Crippen LogP contribution is 2.25. The molecule has 0 N–H and O–H groups in total. The Morgan fingerprint density at radius 2 is 2.15 bits per heavy atom. The predicted octanol–water partition coefficient (Wildman–Crippen LogP) is 4.92. The van der Waals surface area contributed by atoms with Crippen LogP contribution in [0, 0.1) is 0 Å². The summed E-state index contributed by atoms with van der Waals surface area (Å²) in [5.41, 5.74) is 1.28. The van der Waals surface area contributed by atoms with Crippen LogP contribution in [-0.2, 0) is 9.53 Å². The molecule has 1 amide bonds. The number of carbonyl (C=O) groups is 1. The third kappa shape index (κ3) is 6.97. The first kappa shape index (κ1) is 22.6. The standard InChI is InChI=1S/C19H28N4O3S/c1-6-10-17(25-9-4)15(14-26-19-21-12-13-27-19)16(8-3)23(22-20-5)18(24)11-7-2/h6,8,10,12-13H,7,9,11,14H2,1-5H3/b10-6-,16-8+,17-15+,22-20?. The van der Waals surface area contributed by atoms with Crippen molar-refractivity contribution in [2.24, 2.45) is 10.3 Å². The number of thiazole rings is 1. The van der Waals surface area contributed by atoms with Crippen LogP contribution >= 0.6 is 11.3 Å². The second kappa shape index (κ2) is 12.8. The van der Waals surface area contributed by atoms with E-state index in [0.29, 0.717) is 41.7 Å². The molecule has 0 spiro atoms. The molecule has 0 aliphatic heterocycles. The average molecular weight is 393 g/mol. The number of nitrogens with zero attached hydrogens (tertiary/aromatic N) is 4. The Morgan fingerprint density at radius 1 is 1.37 bits per heavy atom. The van der Waals surface area contributed by atoms with E-state index in [2.05, 4.69) is 15.3 Å². The van der Waals surface area contributed by atoms with Crippen LogP contribution in [0.5, 0.6) is 5.19 Å². The Kier molecular flexibility index (Phi) is 10.7. The predicted molar refractivity (Wildman–Crippen MR) is 107 cm³/mol. The molecule has 1 rings (SSSR count). The molecule has 0 aromatic carbocycles. The van der Waals surface area contributed by atoms with Gasteiger partial charge in [-0.15, -0.1) is 0 Å². The lowest BCUT2D eigenvalue weighted by atomic mass is 10.1. The topological polar surface area (TPSA) is 76.4 Å². The van der Waals surface area contributed by atoms with Gasteiger partial charge >= 0.3 is 0 Å². The van der Waals surface area contributed by atoms with Gasteiger partial charge in [0.2, 0.25) is 5.91 Å². The van der Waals surface area contributed by atoms with Gasteiger partial charge in [-0.1, -0.05) is 35.6 Å². The first-order valence-electron chi connectivity index (χ1n) is 8.93. The zero-order valence-electron chi connectivity index (χ0n) is 16.6. The molecule has 0 aliphatic carbocycles. The van der Waals surface area contributed by atoms with Gasteiger partial charge in [-0.3, -0.25) is 4.79 Å². The van der Waals surface area contributed by atoms with Crippen LogP contribution < -0.4 is 4.74 Å². The summed E-state index contributed by atoms with van der Waals surface area (Å²) < 4.78 is 11.6. The van der Waals surface area contributed by atoms with Gasteiger partial charge in [0.15, 0.2) is 0 Å². The van der Waals surface area contributed by atoms with E-state index in [1.807, 2.05) is 51.3 Å². The van der Waals surface area contributed by atoms with Crippen molar-refractivity contribution in [3.63, 3.8) is 0 Å². The van der Waals surface area contributed by atoms with Gasteiger partial charge in [-0.2, -0.15) is 10.1 Å². The molecule has 0 atom stereocenters. The summed E-state index contributed by atoms with van der Waals surface area (Å²) in [4.78, 5) is 16.8. The lowest BCUT2D eigenvalue weighted by Gasteiger charge is -2.23. The summed E-state index contributed by atoms with van der Waals surface area (Å²) in [7, 11) is 1.53. The molecule has 0 radical (unpaired) electrons. The lowest BCUT2D eigenvalue weighted by Crippen LogP contribution is -2.28. The molecular formula is C19H28N4O3S. The SMILES string of the molecule is C\C=C/C(OCC)=C(COc1nccs1)\C(=C/C)N(N=NC)C(=O)CCC. The summed E-state index contributed by atoms with van der Waals surface area (Å²) in [6, 6.07) is 0. The number of hydrogen-bond acceptors (Lipinski definition) is 7. The van der Waals surface area contributed by atoms with Crippen LogP contribution in [0.2, 0.25) is 0 Å². The third-order valence-electron chi connectivity index (χ3n) is 3.35. The van der Waals surface area contributed by atoms with Crippen LogP contribution in [0.1, 0.15) is 40.5 Å². The molecular weight excluding hydrogens is 364 g/mol. The monoisotopic (exact) mass is 392 g/mol. The molecule has 148 valence electrons. The highest BCUT2D eigenvalue weighted by molar-refractivity contribution is 7.11. The van der Waals surface area contributed by atoms with Crippen molar-refractivity contribution >= 4 is 17.2 Å². The van der Waals surface area contributed by atoms with Crippen molar-refractivity contribution in [2.75, 3.05) is 20.3 Å². The molecule has 1 aromatic rings. The van der Waals surface area contributed by atoms with E-state index in [1.165, 1.54) is 23.4 Å². The molecule has 0 unspecified atom stereocenters. The highest BCUT2D eigenvalue weighted by Gasteiger charge is 2.23. The van der Waals surface area contributed by atoms with Gasteiger partial charge in [0.05, 0.1) is 24.9 Å². The Hall–Kier alpha value is -2.48. The molecule has 1 heterocycles. The minimum absolute atomic E-state index is 0.140. The Balaban J connectivity index is 3.37. The van der Waals surface area contributed by atoms with Crippen molar-refractivity contribution < 1.29 is 14.3 Å². The maximum absolute atomic E-state index is 12.6. The van der Waals surface area contributed by atoms with E-state index in [1.54, 1.807) is 6.20 Å². The quantitative estimate of drug-likeness (QED) is 0.232. The van der Waals surface area contributed by atoms with Crippen LogP contribution in [-0.4, -0.2) is 36.2 Å². The number of amides is 1. The molecule has 0 saturated heterocycles. The van der Waals surface area contributed by atoms with Crippen molar-refractivity contribution in [2.45, 2.75) is 40.5 Å². The summed E-state index contributed by atoms with van der Waals surface area (Å²) in [5.74, 6) is 0.476. The van der Waals surface area contributed by atoms with Crippen molar-refractivity contribution in [3.05, 3.63) is 46.8 Å². The molecule has 27 heavy (non-hydrogen) atoms. The summed E-state index contributed by atoms with van der Waals surface area (Å²) in [6.45, 7) is 8.26. The van der Waals surface area contributed by atoms with E-state index in [-0.39, 0.29) is 12.5 Å². The van der Waals surface area contributed by atoms with Crippen LogP contribution in [0.4, 0.5) is 0 Å². The number of hydrogen-bond donors (Lipinski definition) is 0. The van der Waals surface area contributed by atoms with Gasteiger partial charge in [0.1, 0.15) is 12.4 Å². The zero-order chi connectivity index (χ0) is 20.1. The fraction of sp³-hybridized carbons (Fsp3) is 0.474. The Bertz CT molecular complexity index is 694. The summed E-state index contributed by atoms with van der Waals surface area (Å²) in [5, 5.41) is 11.5. The van der Waals surface area contributed by atoms with E-state index >= 15 is 0 Å². The second-order valence-corrected chi connectivity index (χ2v) is 6.14. The largest absolute Gasteiger partial charge is 0.493 e. The molecule has 1 aromatic heterocycles. The van der Waals surface area contributed by atoms with Crippen molar-refractivity contribution in [1.82, 2.24) is 9.99 Å². The van der Waals surface area contributed by atoms with Gasteiger partial charge in [-0.05, 0) is 33.3 Å². The molecule has 0 aliphatic rings. The summed E-state index contributed by atoms with van der Waals surface area (Å²) >= 11 is 1.40. The minimum atomic E-state index is -0.140. The normalized spacial score (nSPS) is 13.1. The van der Waals surface area contributed by atoms with E-state index in [0.717, 1.165) is 0 Å². The first-order valence-corrected chi connectivity index (χ1v) is 9.81. The first-order chi connectivity index (χ1) is 13.1. The fourth-order valence-electron chi connectivity index (χ4n) is 2.30. The number of carbonyl (C=O) groups excluding carboxylic acids is 1. The van der Waals surface area contributed by atoms with Gasteiger partial charge in [0.25, 0.3) is 5.19 Å². The second-order valence-electron chi connectivity index (χ2n) is 5.28. The maximum atomic E-state index is 12.6. The van der Waals surface area contributed by atoms with E-state index in [9.17, 15) is 4.79 Å². The third-order valence-corrected chi connectivity index (χ3v) is 4.04. The van der Waals surface area contributed by atoms with Gasteiger partial charge < -0.3 is 9.47 Å². The lowest BCUT2D eigenvalue weighted by molar-refractivity contribution is -0.129. The number of rotatable bonds is 11. The van der Waals surface area contributed by atoms with Gasteiger partial charge in [0, 0.05) is 18.0 Å². The summed E-state index contributed by atoms with van der Waals surface area (Å²) in [6.07, 6.45) is 8.29. The van der Waals surface area contributed by atoms with E-state index in [4.69, 9.17) is 9.47 Å².